The molecule has 0 radical (unpaired) electrons. The van der Waals surface area contributed by atoms with Crippen molar-refractivity contribution in [3.05, 3.63) is 86.8 Å². The van der Waals surface area contributed by atoms with Gasteiger partial charge in [0.25, 0.3) is 5.56 Å². The largest absolute Gasteiger partial charge is 0.417 e. The number of halogens is 4. The van der Waals surface area contributed by atoms with Gasteiger partial charge in [0, 0.05) is 24.5 Å². The topological polar surface area (TPSA) is 58.7 Å². The van der Waals surface area contributed by atoms with Crippen LogP contribution in [-0.2, 0) is 12.7 Å². The lowest BCUT2D eigenvalue weighted by molar-refractivity contribution is -0.137. The molecule has 0 saturated carbocycles. The number of hydrogen-bond donors (Lipinski definition) is 1. The zero-order chi connectivity index (χ0) is 19.6. The fourth-order valence-corrected chi connectivity index (χ4v) is 2.97. The van der Waals surface area contributed by atoms with E-state index in [9.17, 15) is 18.0 Å². The van der Waals surface area contributed by atoms with Crippen molar-refractivity contribution in [1.82, 2.24) is 9.55 Å². The van der Waals surface area contributed by atoms with E-state index in [1.807, 2.05) is 30.3 Å². The van der Waals surface area contributed by atoms with Crippen LogP contribution in [0.25, 0.3) is 11.4 Å². The van der Waals surface area contributed by atoms with Crippen LogP contribution in [0.4, 0.5) is 13.2 Å². The lowest BCUT2D eigenvalue weighted by Gasteiger charge is -2.17. The first-order chi connectivity index (χ1) is 12.8. The van der Waals surface area contributed by atoms with E-state index in [0.29, 0.717) is 0 Å². The minimum Gasteiger partial charge on any atom is -0.327 e. The first-order valence-corrected chi connectivity index (χ1v) is 8.21. The number of alkyl halides is 3. The van der Waals surface area contributed by atoms with E-state index in [1.165, 1.54) is 22.9 Å². The molecule has 0 spiro atoms. The molecule has 3 rings (SSSR count). The average molecular weight is 392 g/mol. The maximum atomic E-state index is 13.2. The molecule has 0 aliphatic heterocycles. The summed E-state index contributed by atoms with van der Waals surface area (Å²) < 4.78 is 41.1. The predicted octanol–water partition coefficient (Wildman–Crippen LogP) is 4.63. The molecule has 0 atom stereocenters. The summed E-state index contributed by atoms with van der Waals surface area (Å²) in [6, 6.07) is 12.6. The quantitative estimate of drug-likeness (QED) is 0.659. The third-order valence-corrected chi connectivity index (χ3v) is 4.32. The maximum absolute atomic E-state index is 13.2. The Morgan fingerprint density at radius 1 is 1.11 bits per heavy atom. The van der Waals surface area contributed by atoms with E-state index >= 15 is 0 Å². The summed E-state index contributed by atoms with van der Waals surface area (Å²) in [4.78, 5) is 16.0. The van der Waals surface area contributed by atoms with Crippen molar-refractivity contribution in [2.45, 2.75) is 12.7 Å². The van der Waals surface area contributed by atoms with Crippen LogP contribution in [0, 0.1) is 5.41 Å². The van der Waals surface area contributed by atoms with Crippen LogP contribution in [0.15, 0.2) is 59.5 Å². The number of aromatic nitrogens is 2. The molecule has 27 heavy (non-hydrogen) atoms. The van der Waals surface area contributed by atoms with E-state index in [-0.39, 0.29) is 23.5 Å². The zero-order valence-corrected chi connectivity index (χ0v) is 14.6. The monoisotopic (exact) mass is 391 g/mol. The summed E-state index contributed by atoms with van der Waals surface area (Å²) in [6.45, 7) is 0.247. The molecule has 1 aromatic heterocycles. The van der Waals surface area contributed by atoms with Gasteiger partial charge in [-0.05, 0) is 17.7 Å². The molecule has 138 valence electrons. The fourth-order valence-electron chi connectivity index (χ4n) is 2.65. The van der Waals surface area contributed by atoms with Crippen LogP contribution in [0.2, 0.25) is 5.02 Å². The van der Waals surface area contributed by atoms with Gasteiger partial charge in [-0.2, -0.15) is 18.2 Å². The van der Waals surface area contributed by atoms with Gasteiger partial charge in [-0.1, -0.05) is 48.0 Å². The van der Waals surface area contributed by atoms with Crippen LogP contribution in [0.3, 0.4) is 0 Å². The van der Waals surface area contributed by atoms with Crippen molar-refractivity contribution >= 4 is 17.8 Å². The maximum Gasteiger partial charge on any atom is 0.417 e. The van der Waals surface area contributed by atoms with E-state index < -0.39 is 22.3 Å². The smallest absolute Gasteiger partial charge is 0.327 e. The fraction of sp³-hybridized carbons (Fsp3) is 0.105. The Morgan fingerprint density at radius 3 is 2.44 bits per heavy atom. The lowest BCUT2D eigenvalue weighted by Crippen LogP contribution is -2.20. The van der Waals surface area contributed by atoms with Crippen LogP contribution in [0.5, 0.6) is 0 Å². The summed E-state index contributed by atoms with van der Waals surface area (Å²) in [5.74, 6) is 0.00514. The van der Waals surface area contributed by atoms with Gasteiger partial charge in [0.05, 0.1) is 16.1 Å². The second kappa shape index (κ2) is 7.36. The van der Waals surface area contributed by atoms with Gasteiger partial charge < -0.3 is 9.98 Å². The Morgan fingerprint density at radius 2 is 1.81 bits per heavy atom. The van der Waals surface area contributed by atoms with E-state index in [1.54, 1.807) is 0 Å². The predicted molar refractivity (Wildman–Crippen MR) is 97.4 cm³/mol. The molecular weight excluding hydrogens is 379 g/mol. The van der Waals surface area contributed by atoms with Gasteiger partial charge in [-0.3, -0.25) is 4.79 Å². The molecule has 0 unspecified atom stereocenters. The molecule has 3 aromatic rings. The van der Waals surface area contributed by atoms with Crippen molar-refractivity contribution in [1.29, 1.82) is 5.41 Å². The van der Waals surface area contributed by atoms with Crippen molar-refractivity contribution in [3.8, 4) is 11.4 Å². The number of nitrogens with one attached hydrogen (secondary N) is 1. The van der Waals surface area contributed by atoms with E-state index in [4.69, 9.17) is 17.0 Å². The number of nitrogens with zero attached hydrogens (tertiary/aromatic N) is 2. The molecule has 0 aliphatic rings. The number of benzene rings is 2. The summed E-state index contributed by atoms with van der Waals surface area (Å²) in [5, 5.41) is 6.81. The average Bonchev–Trinajstić information content (AvgIpc) is 2.63. The molecule has 0 aliphatic carbocycles. The summed E-state index contributed by atoms with van der Waals surface area (Å²) in [5.41, 5.74) is -0.840. The molecule has 1 N–H and O–H groups in total. The molecular formula is C19H13ClF3N3O. The van der Waals surface area contributed by atoms with Crippen molar-refractivity contribution in [2.75, 3.05) is 0 Å². The van der Waals surface area contributed by atoms with Crippen LogP contribution in [-0.4, -0.2) is 15.8 Å². The van der Waals surface area contributed by atoms with E-state index in [0.717, 1.165) is 17.8 Å². The van der Waals surface area contributed by atoms with Crippen LogP contribution >= 0.6 is 11.6 Å². The van der Waals surface area contributed by atoms with E-state index in [2.05, 4.69) is 4.98 Å². The molecule has 0 bridgehead atoms. The Labute approximate surface area is 157 Å². The lowest BCUT2D eigenvalue weighted by atomic mass is 10.1. The Hall–Kier alpha value is -2.93. The Kier molecular flexibility index (Phi) is 5.14. The minimum absolute atomic E-state index is 0.00365. The highest BCUT2D eigenvalue weighted by molar-refractivity contribution is 6.34. The van der Waals surface area contributed by atoms with Gasteiger partial charge >= 0.3 is 6.18 Å². The van der Waals surface area contributed by atoms with Crippen LogP contribution in [0.1, 0.15) is 16.7 Å². The van der Waals surface area contributed by atoms with Gasteiger partial charge in [0.2, 0.25) is 0 Å². The molecule has 8 heteroatoms. The van der Waals surface area contributed by atoms with Gasteiger partial charge in [-0.15, -0.1) is 0 Å². The summed E-state index contributed by atoms with van der Waals surface area (Å²) in [6.07, 6.45) is -2.39. The van der Waals surface area contributed by atoms with Crippen molar-refractivity contribution < 1.29 is 13.2 Å². The molecule has 0 fully saturated rings. The highest BCUT2D eigenvalue weighted by Crippen LogP contribution is 2.39. The molecule has 0 saturated heterocycles. The van der Waals surface area contributed by atoms with Gasteiger partial charge in [0.1, 0.15) is 5.82 Å². The number of hydrogen-bond acceptors (Lipinski definition) is 3. The molecule has 4 nitrogen and oxygen atoms in total. The van der Waals surface area contributed by atoms with Crippen molar-refractivity contribution in [3.63, 3.8) is 0 Å². The first kappa shape index (κ1) is 18.8. The summed E-state index contributed by atoms with van der Waals surface area (Å²) in [7, 11) is 0. The number of rotatable bonds is 4. The van der Waals surface area contributed by atoms with Gasteiger partial charge in [-0.25, -0.2) is 0 Å². The Bertz CT molecular complexity index is 1050. The first-order valence-electron chi connectivity index (χ1n) is 7.83. The SMILES string of the molecule is N=Cc1cn(Cc2ccccc2)c(-c2cccc(C(F)(F)F)c2Cl)nc1=O. The zero-order valence-electron chi connectivity index (χ0n) is 13.8. The highest BCUT2D eigenvalue weighted by atomic mass is 35.5. The normalized spacial score (nSPS) is 11.4. The van der Waals surface area contributed by atoms with Crippen LogP contribution < -0.4 is 5.56 Å². The molecule has 1 heterocycles. The molecule has 0 amide bonds. The second-order valence-corrected chi connectivity index (χ2v) is 6.13. The third kappa shape index (κ3) is 3.93. The standard InChI is InChI=1S/C19H13ClF3N3O/c20-16-14(7-4-8-15(16)19(21,22)23)17-25-18(27)13(9-24)11-26(17)10-12-5-2-1-3-6-12/h1-9,11,24H,10H2. The highest BCUT2D eigenvalue weighted by Gasteiger charge is 2.34. The minimum atomic E-state index is -4.63. The third-order valence-electron chi connectivity index (χ3n) is 3.92. The summed E-state index contributed by atoms with van der Waals surface area (Å²) >= 11 is 6.01. The molecule has 2 aromatic carbocycles. The Balaban J connectivity index is 2.22. The van der Waals surface area contributed by atoms with Gasteiger partial charge in [0.15, 0.2) is 0 Å². The van der Waals surface area contributed by atoms with Crippen molar-refractivity contribution in [2.24, 2.45) is 0 Å². The second-order valence-electron chi connectivity index (χ2n) is 5.75.